The van der Waals surface area contributed by atoms with Crippen LogP contribution in [0, 0.1) is 12.8 Å². The first kappa shape index (κ1) is 19.7. The van der Waals surface area contributed by atoms with Crippen LogP contribution in [0.2, 0.25) is 0 Å². The fourth-order valence-corrected chi connectivity index (χ4v) is 4.85. The van der Waals surface area contributed by atoms with Gasteiger partial charge in [-0.3, -0.25) is 9.59 Å². The molecule has 4 heterocycles. The molecular formula is C24H27N5O2. The number of piperidine rings is 1. The van der Waals surface area contributed by atoms with Crippen LogP contribution in [0.15, 0.2) is 42.6 Å². The van der Waals surface area contributed by atoms with Crippen LogP contribution in [0.1, 0.15) is 46.9 Å². The zero-order valence-electron chi connectivity index (χ0n) is 17.8. The fraction of sp³-hybridized carbons (Fsp3) is 0.417. The minimum Gasteiger partial charge on any atom is -0.342 e. The lowest BCUT2D eigenvalue weighted by Crippen LogP contribution is -2.46. The number of likely N-dealkylation sites (tertiary alicyclic amines) is 2. The Morgan fingerprint density at radius 3 is 2.74 bits per heavy atom. The number of pyridine rings is 1. The molecule has 0 aliphatic carbocycles. The van der Waals surface area contributed by atoms with E-state index >= 15 is 0 Å². The number of fused-ring (bicyclic) bond motifs is 1. The molecular weight excluding hydrogens is 390 g/mol. The Kier molecular flexibility index (Phi) is 5.18. The van der Waals surface area contributed by atoms with Crippen molar-refractivity contribution in [3.05, 3.63) is 59.5 Å². The van der Waals surface area contributed by atoms with Crippen molar-refractivity contribution < 1.29 is 9.59 Å². The molecule has 2 amide bonds. The lowest BCUT2D eigenvalue weighted by molar-refractivity contribution is -0.135. The van der Waals surface area contributed by atoms with Crippen molar-refractivity contribution in [2.75, 3.05) is 26.2 Å². The maximum absolute atomic E-state index is 13.3. The van der Waals surface area contributed by atoms with Gasteiger partial charge < -0.3 is 14.8 Å². The second-order valence-corrected chi connectivity index (χ2v) is 8.67. The van der Waals surface area contributed by atoms with Gasteiger partial charge >= 0.3 is 0 Å². The van der Waals surface area contributed by atoms with Gasteiger partial charge in [0, 0.05) is 43.9 Å². The van der Waals surface area contributed by atoms with E-state index < -0.39 is 0 Å². The zero-order chi connectivity index (χ0) is 21.4. The number of H-pyrrole nitrogens is 1. The molecule has 2 saturated heterocycles. The number of hydrogen-bond acceptors (Lipinski definition) is 4. The summed E-state index contributed by atoms with van der Waals surface area (Å²) in [5.41, 5.74) is 3.36. The summed E-state index contributed by atoms with van der Waals surface area (Å²) in [5.74, 6) is 1.18. The van der Waals surface area contributed by atoms with Crippen LogP contribution in [-0.4, -0.2) is 62.7 Å². The highest BCUT2D eigenvalue weighted by molar-refractivity contribution is 5.96. The molecule has 2 aliphatic heterocycles. The number of aromatic nitrogens is 3. The van der Waals surface area contributed by atoms with Crippen molar-refractivity contribution >= 4 is 23.0 Å². The molecule has 2 atom stereocenters. The Morgan fingerprint density at radius 2 is 1.90 bits per heavy atom. The topological polar surface area (TPSA) is 82.2 Å². The van der Waals surface area contributed by atoms with Crippen molar-refractivity contribution in [2.45, 2.75) is 32.1 Å². The van der Waals surface area contributed by atoms with E-state index in [4.69, 9.17) is 0 Å². The van der Waals surface area contributed by atoms with E-state index in [1.54, 1.807) is 6.20 Å². The standard InChI is InChI=1S/C24H27N5O2/c1-16-6-2-3-8-19(16)24(31)28-12-5-7-18(15-28)23(30)29-13-10-17(14-29)21-26-20-9-4-11-25-22(20)27-21/h2-4,6,8-9,11,17-18H,5,7,10,12-15H2,1H3,(H,25,26,27). The number of imidazole rings is 1. The van der Waals surface area contributed by atoms with Crippen LogP contribution in [0.3, 0.4) is 0 Å². The van der Waals surface area contributed by atoms with Crippen LogP contribution in [0.5, 0.6) is 0 Å². The summed E-state index contributed by atoms with van der Waals surface area (Å²) >= 11 is 0. The Bertz CT molecular complexity index is 1090. The van der Waals surface area contributed by atoms with E-state index in [0.29, 0.717) is 19.6 Å². The van der Waals surface area contributed by atoms with E-state index in [0.717, 1.165) is 53.9 Å². The quantitative estimate of drug-likeness (QED) is 0.710. The highest BCUT2D eigenvalue weighted by Gasteiger charge is 2.36. The van der Waals surface area contributed by atoms with E-state index in [1.807, 2.05) is 53.1 Å². The van der Waals surface area contributed by atoms with Crippen molar-refractivity contribution in [3.8, 4) is 0 Å². The summed E-state index contributed by atoms with van der Waals surface area (Å²) in [7, 11) is 0. The van der Waals surface area contributed by atoms with Gasteiger partial charge in [-0.1, -0.05) is 18.2 Å². The normalized spacial score (nSPS) is 21.6. The van der Waals surface area contributed by atoms with Crippen LogP contribution in [0.4, 0.5) is 0 Å². The third-order valence-corrected chi connectivity index (χ3v) is 6.60. The van der Waals surface area contributed by atoms with Gasteiger partial charge in [-0.2, -0.15) is 0 Å². The lowest BCUT2D eigenvalue weighted by Gasteiger charge is -2.34. The Labute approximate surface area is 181 Å². The Morgan fingerprint density at radius 1 is 1.03 bits per heavy atom. The number of carbonyl (C=O) groups excluding carboxylic acids is 2. The highest BCUT2D eigenvalue weighted by Crippen LogP contribution is 2.29. The molecule has 0 spiro atoms. The summed E-state index contributed by atoms with van der Waals surface area (Å²) < 4.78 is 0. The van der Waals surface area contributed by atoms with Gasteiger partial charge in [0.05, 0.1) is 11.4 Å². The van der Waals surface area contributed by atoms with E-state index in [-0.39, 0.29) is 23.7 Å². The fourth-order valence-electron chi connectivity index (χ4n) is 4.85. The van der Waals surface area contributed by atoms with Crippen molar-refractivity contribution in [3.63, 3.8) is 0 Å². The number of aromatic amines is 1. The van der Waals surface area contributed by atoms with Crippen LogP contribution in [-0.2, 0) is 4.79 Å². The SMILES string of the molecule is Cc1ccccc1C(=O)N1CCCC(C(=O)N2CCC(c3nc4ncccc4[nH]3)C2)C1. The van der Waals surface area contributed by atoms with Crippen LogP contribution >= 0.6 is 0 Å². The predicted octanol–water partition coefficient (Wildman–Crippen LogP) is 3.13. The predicted molar refractivity (Wildman–Crippen MR) is 118 cm³/mol. The largest absolute Gasteiger partial charge is 0.342 e. The molecule has 2 aliphatic rings. The molecule has 5 rings (SSSR count). The number of amides is 2. The first-order chi connectivity index (χ1) is 15.1. The number of rotatable bonds is 3. The second kappa shape index (κ2) is 8.13. The Balaban J connectivity index is 1.25. The third-order valence-electron chi connectivity index (χ3n) is 6.60. The van der Waals surface area contributed by atoms with E-state index in [9.17, 15) is 9.59 Å². The van der Waals surface area contributed by atoms with Gasteiger partial charge in [0.1, 0.15) is 5.82 Å². The van der Waals surface area contributed by atoms with Crippen molar-refractivity contribution in [2.24, 2.45) is 5.92 Å². The van der Waals surface area contributed by atoms with Crippen LogP contribution < -0.4 is 0 Å². The average molecular weight is 418 g/mol. The third kappa shape index (κ3) is 3.80. The molecule has 2 fully saturated rings. The van der Waals surface area contributed by atoms with Gasteiger partial charge in [0.15, 0.2) is 5.65 Å². The maximum atomic E-state index is 13.3. The van der Waals surface area contributed by atoms with Crippen molar-refractivity contribution in [1.82, 2.24) is 24.8 Å². The summed E-state index contributed by atoms with van der Waals surface area (Å²) in [5, 5.41) is 0. The molecule has 7 heteroatoms. The summed E-state index contributed by atoms with van der Waals surface area (Å²) in [6.45, 7) is 4.57. The molecule has 160 valence electrons. The van der Waals surface area contributed by atoms with Gasteiger partial charge in [-0.05, 0) is 49.9 Å². The second-order valence-electron chi connectivity index (χ2n) is 8.67. The van der Waals surface area contributed by atoms with Crippen molar-refractivity contribution in [1.29, 1.82) is 0 Å². The van der Waals surface area contributed by atoms with Gasteiger partial charge in [0.2, 0.25) is 5.91 Å². The van der Waals surface area contributed by atoms with Gasteiger partial charge in [-0.15, -0.1) is 0 Å². The lowest BCUT2D eigenvalue weighted by atomic mass is 9.95. The molecule has 2 unspecified atom stereocenters. The molecule has 0 bridgehead atoms. The molecule has 2 aromatic heterocycles. The van der Waals surface area contributed by atoms with Crippen LogP contribution in [0.25, 0.3) is 11.2 Å². The monoisotopic (exact) mass is 417 g/mol. The number of nitrogens with one attached hydrogen (secondary N) is 1. The molecule has 0 saturated carbocycles. The molecule has 31 heavy (non-hydrogen) atoms. The minimum absolute atomic E-state index is 0.0321. The van der Waals surface area contributed by atoms with Gasteiger partial charge in [0.25, 0.3) is 5.91 Å². The molecule has 3 aromatic rings. The zero-order valence-corrected chi connectivity index (χ0v) is 17.8. The maximum Gasteiger partial charge on any atom is 0.254 e. The molecule has 0 radical (unpaired) electrons. The summed E-state index contributed by atoms with van der Waals surface area (Å²) in [6, 6.07) is 11.5. The molecule has 1 N–H and O–H groups in total. The summed E-state index contributed by atoms with van der Waals surface area (Å²) in [6.07, 6.45) is 4.33. The Hall–Kier alpha value is -3.22. The number of benzene rings is 1. The minimum atomic E-state index is -0.127. The first-order valence-electron chi connectivity index (χ1n) is 11.0. The van der Waals surface area contributed by atoms with E-state index in [1.165, 1.54) is 0 Å². The number of hydrogen-bond donors (Lipinski definition) is 1. The number of aryl methyl sites for hydroxylation is 1. The molecule has 1 aromatic carbocycles. The average Bonchev–Trinajstić information content (AvgIpc) is 3.46. The highest BCUT2D eigenvalue weighted by atomic mass is 16.2. The number of carbonyl (C=O) groups is 2. The first-order valence-corrected chi connectivity index (χ1v) is 11.0. The summed E-state index contributed by atoms with van der Waals surface area (Å²) in [4.78, 5) is 42.4. The smallest absolute Gasteiger partial charge is 0.254 e. The number of nitrogens with zero attached hydrogens (tertiary/aromatic N) is 4. The van der Waals surface area contributed by atoms with Gasteiger partial charge in [-0.25, -0.2) is 9.97 Å². The van der Waals surface area contributed by atoms with E-state index in [2.05, 4.69) is 15.0 Å². The molecule has 7 nitrogen and oxygen atoms in total.